The van der Waals surface area contributed by atoms with Gasteiger partial charge in [0.1, 0.15) is 5.75 Å². The topological polar surface area (TPSA) is 38.0 Å². The van der Waals surface area contributed by atoms with E-state index in [4.69, 9.17) is 4.98 Å². The van der Waals surface area contributed by atoms with Gasteiger partial charge in [0.15, 0.2) is 0 Å². The van der Waals surface area contributed by atoms with Gasteiger partial charge >= 0.3 is 0 Å². The molecule has 2 heterocycles. The number of phenolic OH excluding ortho intramolecular Hbond substituents is 1. The van der Waals surface area contributed by atoms with Crippen molar-refractivity contribution >= 4 is 21.8 Å². The molecular weight excluding hydrogens is 464 g/mol. The van der Waals surface area contributed by atoms with E-state index < -0.39 is 0 Å². The molecule has 0 radical (unpaired) electrons. The fourth-order valence-corrected chi connectivity index (χ4v) is 5.31. The number of hydrogen-bond donors (Lipinski definition) is 1. The molecule has 0 aliphatic carbocycles. The van der Waals surface area contributed by atoms with E-state index in [1.165, 1.54) is 0 Å². The maximum absolute atomic E-state index is 10.7. The quantitative estimate of drug-likeness (QED) is 0.269. The number of aromatic hydroxyl groups is 1. The van der Waals surface area contributed by atoms with E-state index in [1.54, 1.807) is 6.07 Å². The van der Waals surface area contributed by atoms with E-state index in [1.807, 2.05) is 54.6 Å². The van der Waals surface area contributed by atoms with E-state index in [0.717, 1.165) is 61.1 Å². The molecule has 1 N–H and O–H groups in total. The van der Waals surface area contributed by atoms with Gasteiger partial charge in [-0.1, -0.05) is 97.1 Å². The average molecular weight is 489 g/mol. The lowest BCUT2D eigenvalue weighted by Crippen LogP contribution is -1.95. The summed E-state index contributed by atoms with van der Waals surface area (Å²) >= 11 is 0. The lowest BCUT2D eigenvalue weighted by molar-refractivity contribution is 0.482. The van der Waals surface area contributed by atoms with Crippen LogP contribution in [0.5, 0.6) is 5.75 Å². The molecule has 180 valence electrons. The third-order valence-electron chi connectivity index (χ3n) is 7.08. The molecule has 0 unspecified atom stereocenters. The highest BCUT2D eigenvalue weighted by molar-refractivity contribution is 6.12. The highest BCUT2D eigenvalue weighted by Crippen LogP contribution is 2.38. The average Bonchev–Trinajstić information content (AvgIpc) is 3.33. The summed E-state index contributed by atoms with van der Waals surface area (Å²) in [6.07, 6.45) is 0. The Morgan fingerprint density at radius 3 is 1.76 bits per heavy atom. The summed E-state index contributed by atoms with van der Waals surface area (Å²) in [4.78, 5) is 5.03. The Morgan fingerprint density at radius 1 is 0.474 bits per heavy atom. The summed E-state index contributed by atoms with van der Waals surface area (Å²) in [7, 11) is 0. The summed E-state index contributed by atoms with van der Waals surface area (Å²) in [6.45, 7) is 0. The van der Waals surface area contributed by atoms with Crippen molar-refractivity contribution in [2.45, 2.75) is 0 Å². The van der Waals surface area contributed by atoms with Crippen LogP contribution in [0.1, 0.15) is 0 Å². The van der Waals surface area contributed by atoms with Crippen LogP contribution in [0.4, 0.5) is 0 Å². The Kier molecular flexibility index (Phi) is 5.26. The van der Waals surface area contributed by atoms with Crippen LogP contribution in [0.25, 0.3) is 61.1 Å². The number of phenols is 1. The number of nitrogens with zero attached hydrogens (tertiary/aromatic N) is 2. The Bertz CT molecular complexity index is 1860. The summed E-state index contributed by atoms with van der Waals surface area (Å²) in [5.41, 5.74) is 9.33. The van der Waals surface area contributed by atoms with E-state index >= 15 is 0 Å². The van der Waals surface area contributed by atoms with Crippen molar-refractivity contribution in [1.29, 1.82) is 0 Å². The molecule has 0 aliphatic heterocycles. The minimum absolute atomic E-state index is 0.294. The molecule has 0 bridgehead atoms. The van der Waals surface area contributed by atoms with Gasteiger partial charge in [-0.05, 0) is 53.6 Å². The fraction of sp³-hybridized carbons (Fsp3) is 0. The van der Waals surface area contributed by atoms with Crippen molar-refractivity contribution in [3.63, 3.8) is 0 Å². The third-order valence-corrected chi connectivity index (χ3v) is 7.08. The van der Waals surface area contributed by atoms with E-state index in [9.17, 15) is 5.11 Å². The van der Waals surface area contributed by atoms with Crippen LogP contribution in [0.2, 0.25) is 0 Å². The van der Waals surface area contributed by atoms with Crippen LogP contribution >= 0.6 is 0 Å². The molecule has 7 rings (SSSR count). The Balaban J connectivity index is 1.44. The van der Waals surface area contributed by atoms with Crippen LogP contribution < -0.4 is 0 Å². The number of pyridine rings is 1. The predicted octanol–water partition coefficient (Wildman–Crippen LogP) is 8.89. The zero-order chi connectivity index (χ0) is 25.5. The van der Waals surface area contributed by atoms with Crippen molar-refractivity contribution in [3.05, 3.63) is 140 Å². The number of fused-ring (bicyclic) bond motifs is 3. The van der Waals surface area contributed by atoms with Gasteiger partial charge in [0, 0.05) is 27.6 Å². The Hall–Kier alpha value is -5.15. The largest absolute Gasteiger partial charge is 0.507 e. The summed E-state index contributed by atoms with van der Waals surface area (Å²) in [5, 5.41) is 12.6. The van der Waals surface area contributed by atoms with Gasteiger partial charge < -0.3 is 9.67 Å². The smallest absolute Gasteiger partial charge is 0.125 e. The molecule has 0 saturated carbocycles. The minimum atomic E-state index is 0.294. The predicted molar refractivity (Wildman–Crippen MR) is 157 cm³/mol. The molecule has 0 amide bonds. The van der Waals surface area contributed by atoms with Gasteiger partial charge in [-0.15, -0.1) is 0 Å². The van der Waals surface area contributed by atoms with Gasteiger partial charge in [0.25, 0.3) is 0 Å². The van der Waals surface area contributed by atoms with Gasteiger partial charge in [-0.25, -0.2) is 4.98 Å². The highest BCUT2D eigenvalue weighted by atomic mass is 16.3. The monoisotopic (exact) mass is 488 g/mol. The maximum Gasteiger partial charge on any atom is 0.125 e. The van der Waals surface area contributed by atoms with Crippen LogP contribution in [-0.4, -0.2) is 14.7 Å². The molecule has 5 aromatic carbocycles. The molecule has 3 nitrogen and oxygen atoms in total. The molecule has 3 heteroatoms. The molecule has 7 aromatic rings. The number of hydrogen-bond acceptors (Lipinski definition) is 2. The second-order valence-corrected chi connectivity index (χ2v) is 9.43. The lowest BCUT2D eigenvalue weighted by atomic mass is 9.99. The molecule has 0 aliphatic rings. The number of para-hydroxylation sites is 1. The molecule has 0 spiro atoms. The fourth-order valence-electron chi connectivity index (χ4n) is 5.31. The second kappa shape index (κ2) is 9.06. The first-order valence-electron chi connectivity index (χ1n) is 12.7. The SMILES string of the molecule is Oc1cccc2c1c1ccccc1n2-c1cccc(-c2cc(-c3ccccc3)nc(-c3ccccc3)c2)c1. The van der Waals surface area contributed by atoms with Crippen molar-refractivity contribution in [1.82, 2.24) is 9.55 Å². The van der Waals surface area contributed by atoms with E-state index in [2.05, 4.69) is 83.4 Å². The molecule has 2 aromatic heterocycles. The van der Waals surface area contributed by atoms with Crippen LogP contribution in [0.3, 0.4) is 0 Å². The minimum Gasteiger partial charge on any atom is -0.507 e. The Labute approximate surface area is 220 Å². The molecule has 0 saturated heterocycles. The first-order valence-corrected chi connectivity index (χ1v) is 12.7. The number of rotatable bonds is 4. The van der Waals surface area contributed by atoms with Gasteiger partial charge in [0.05, 0.1) is 22.4 Å². The van der Waals surface area contributed by atoms with E-state index in [0.29, 0.717) is 5.75 Å². The normalized spacial score (nSPS) is 11.3. The number of aromatic nitrogens is 2. The Morgan fingerprint density at radius 2 is 1.05 bits per heavy atom. The van der Waals surface area contributed by atoms with Gasteiger partial charge in [0.2, 0.25) is 0 Å². The lowest BCUT2D eigenvalue weighted by Gasteiger charge is -2.13. The van der Waals surface area contributed by atoms with Crippen molar-refractivity contribution in [3.8, 4) is 45.1 Å². The standard InChI is InChI=1S/C35H24N2O/c38-34-20-10-19-33-35(34)29-17-7-8-18-32(29)37(33)28-16-9-15-26(21-28)27-22-30(24-11-3-1-4-12-24)36-31(23-27)25-13-5-2-6-14-25/h1-23,38H. The van der Waals surface area contributed by atoms with Crippen LogP contribution in [-0.2, 0) is 0 Å². The maximum atomic E-state index is 10.7. The zero-order valence-corrected chi connectivity index (χ0v) is 20.6. The van der Waals surface area contributed by atoms with Gasteiger partial charge in [-0.3, -0.25) is 0 Å². The third kappa shape index (κ3) is 3.73. The first kappa shape index (κ1) is 22.1. The number of benzene rings is 5. The summed E-state index contributed by atoms with van der Waals surface area (Å²) < 4.78 is 2.23. The molecule has 0 atom stereocenters. The molecule has 38 heavy (non-hydrogen) atoms. The van der Waals surface area contributed by atoms with Crippen molar-refractivity contribution < 1.29 is 5.11 Å². The van der Waals surface area contributed by atoms with Crippen molar-refractivity contribution in [2.75, 3.05) is 0 Å². The summed E-state index contributed by atoms with van der Waals surface area (Å²) in [6, 6.07) is 47.5. The second-order valence-electron chi connectivity index (χ2n) is 9.43. The van der Waals surface area contributed by atoms with Crippen molar-refractivity contribution in [2.24, 2.45) is 0 Å². The van der Waals surface area contributed by atoms with Gasteiger partial charge in [-0.2, -0.15) is 0 Å². The molecular formula is C35H24N2O. The highest BCUT2D eigenvalue weighted by Gasteiger charge is 2.15. The van der Waals surface area contributed by atoms with E-state index in [-0.39, 0.29) is 0 Å². The summed E-state index contributed by atoms with van der Waals surface area (Å²) in [5.74, 6) is 0.294. The van der Waals surface area contributed by atoms with Crippen LogP contribution in [0, 0.1) is 0 Å². The van der Waals surface area contributed by atoms with Crippen LogP contribution in [0.15, 0.2) is 140 Å². The molecule has 0 fully saturated rings. The first-order chi connectivity index (χ1) is 18.8. The zero-order valence-electron chi connectivity index (χ0n) is 20.6.